The lowest BCUT2D eigenvalue weighted by molar-refractivity contribution is -0.146. The van der Waals surface area contributed by atoms with E-state index in [2.05, 4.69) is 24.0 Å². The van der Waals surface area contributed by atoms with Crippen LogP contribution in [-0.2, 0) is 28.0 Å². The van der Waals surface area contributed by atoms with Crippen molar-refractivity contribution in [1.82, 2.24) is 9.88 Å². The molecule has 2 heterocycles. The topological polar surface area (TPSA) is 97.9 Å². The summed E-state index contributed by atoms with van der Waals surface area (Å²) in [5, 5.41) is 12.9. The van der Waals surface area contributed by atoms with Crippen LogP contribution in [-0.4, -0.2) is 60.4 Å². The smallest absolute Gasteiger partial charge is 0.254 e. The molecule has 0 spiro atoms. The van der Waals surface area contributed by atoms with Crippen molar-refractivity contribution in [2.45, 2.75) is 50.9 Å². The largest absolute Gasteiger partial charge is 0.385 e. The van der Waals surface area contributed by atoms with Gasteiger partial charge in [0.15, 0.2) is 0 Å². The number of rotatable bonds is 11. The summed E-state index contributed by atoms with van der Waals surface area (Å²) in [6.45, 7) is 4.11. The predicted octanol–water partition coefficient (Wildman–Crippen LogP) is 4.97. The SMILES string of the molecule is CCc1cccc(-c2c(C(O)(CCCCOC)C3CN(C(=O)c4ccc(CN)cc4)CCO3)ccnc2Cl)c1. The highest BCUT2D eigenvalue weighted by Gasteiger charge is 2.44. The Morgan fingerprint density at radius 3 is 2.72 bits per heavy atom. The van der Waals surface area contributed by atoms with E-state index in [4.69, 9.17) is 26.8 Å². The molecular weight excluding hydrogens is 514 g/mol. The first-order chi connectivity index (χ1) is 18.9. The number of halogens is 1. The van der Waals surface area contributed by atoms with Gasteiger partial charge in [0.05, 0.1) is 13.2 Å². The number of unbranched alkanes of at least 4 members (excludes halogenated alkanes) is 1. The standard InChI is InChI=1S/C31H38ClN3O4/c1-3-22-7-6-8-25(19-22)28-26(13-15-34-29(28)32)31(37,14-4-5-17-38-2)27-21-35(16-18-39-27)30(36)24-11-9-23(20-33)10-12-24/h6-13,15,19,27,37H,3-5,14,16-18,20-21,33H2,1-2H3. The molecule has 1 aliphatic heterocycles. The number of benzene rings is 2. The van der Waals surface area contributed by atoms with Crippen LogP contribution in [0.2, 0.25) is 5.15 Å². The number of pyridine rings is 1. The molecule has 1 saturated heterocycles. The fourth-order valence-corrected chi connectivity index (χ4v) is 5.48. The van der Waals surface area contributed by atoms with Crippen LogP contribution in [0, 0.1) is 0 Å². The number of hydrogen-bond acceptors (Lipinski definition) is 6. The Hall–Kier alpha value is -2.81. The van der Waals surface area contributed by atoms with Gasteiger partial charge in [-0.25, -0.2) is 4.98 Å². The van der Waals surface area contributed by atoms with Crippen LogP contribution in [0.25, 0.3) is 11.1 Å². The number of nitrogens with zero attached hydrogens (tertiary/aromatic N) is 2. The molecule has 3 N–H and O–H groups in total. The van der Waals surface area contributed by atoms with Crippen LogP contribution < -0.4 is 5.73 Å². The lowest BCUT2D eigenvalue weighted by Gasteiger charge is -2.43. The first-order valence-electron chi connectivity index (χ1n) is 13.6. The number of carbonyl (C=O) groups is 1. The van der Waals surface area contributed by atoms with Crippen molar-refractivity contribution in [2.75, 3.05) is 33.4 Å². The van der Waals surface area contributed by atoms with E-state index >= 15 is 0 Å². The molecule has 208 valence electrons. The molecule has 2 unspecified atom stereocenters. The monoisotopic (exact) mass is 551 g/mol. The highest BCUT2D eigenvalue weighted by Crippen LogP contribution is 2.42. The number of ether oxygens (including phenoxy) is 2. The summed E-state index contributed by atoms with van der Waals surface area (Å²) in [6.07, 6.45) is 3.73. The van der Waals surface area contributed by atoms with E-state index in [1.165, 1.54) is 0 Å². The van der Waals surface area contributed by atoms with Gasteiger partial charge >= 0.3 is 0 Å². The lowest BCUT2D eigenvalue weighted by atomic mass is 9.79. The first-order valence-corrected chi connectivity index (χ1v) is 13.9. The third-order valence-electron chi connectivity index (χ3n) is 7.47. The molecule has 0 aliphatic carbocycles. The van der Waals surface area contributed by atoms with Gasteiger partial charge in [-0.2, -0.15) is 0 Å². The predicted molar refractivity (Wildman–Crippen MR) is 154 cm³/mol. The zero-order valence-corrected chi connectivity index (χ0v) is 23.5. The minimum Gasteiger partial charge on any atom is -0.385 e. The molecule has 0 saturated carbocycles. The number of hydrogen-bond donors (Lipinski definition) is 2. The molecule has 7 nitrogen and oxygen atoms in total. The number of morpholine rings is 1. The van der Waals surface area contributed by atoms with Gasteiger partial charge in [-0.1, -0.05) is 54.9 Å². The van der Waals surface area contributed by atoms with Crippen molar-refractivity contribution in [2.24, 2.45) is 5.73 Å². The summed E-state index contributed by atoms with van der Waals surface area (Å²) in [5.74, 6) is -0.0998. The van der Waals surface area contributed by atoms with Crippen molar-refractivity contribution >= 4 is 17.5 Å². The van der Waals surface area contributed by atoms with Gasteiger partial charge in [0.1, 0.15) is 16.9 Å². The summed E-state index contributed by atoms with van der Waals surface area (Å²) in [4.78, 5) is 19.5. The summed E-state index contributed by atoms with van der Waals surface area (Å²) >= 11 is 6.72. The number of aliphatic hydroxyl groups is 1. The second-order valence-electron chi connectivity index (χ2n) is 9.96. The van der Waals surface area contributed by atoms with Crippen molar-refractivity contribution in [3.63, 3.8) is 0 Å². The van der Waals surface area contributed by atoms with E-state index in [0.717, 1.165) is 29.5 Å². The quantitative estimate of drug-likeness (QED) is 0.258. The van der Waals surface area contributed by atoms with Gasteiger partial charge < -0.3 is 25.2 Å². The average Bonchev–Trinajstić information content (AvgIpc) is 2.98. The van der Waals surface area contributed by atoms with Crippen molar-refractivity contribution in [3.8, 4) is 11.1 Å². The Morgan fingerprint density at radius 2 is 2.00 bits per heavy atom. The third-order valence-corrected chi connectivity index (χ3v) is 7.76. The second-order valence-corrected chi connectivity index (χ2v) is 10.3. The summed E-state index contributed by atoms with van der Waals surface area (Å²) in [6, 6.07) is 17.3. The van der Waals surface area contributed by atoms with E-state index in [-0.39, 0.29) is 12.5 Å². The molecule has 1 amide bonds. The molecule has 8 heteroatoms. The van der Waals surface area contributed by atoms with E-state index in [0.29, 0.717) is 61.0 Å². The normalized spacial score (nSPS) is 17.2. The zero-order valence-electron chi connectivity index (χ0n) is 22.7. The number of nitrogens with two attached hydrogens (primary N) is 1. The highest BCUT2D eigenvalue weighted by atomic mass is 35.5. The van der Waals surface area contributed by atoms with Crippen LogP contribution in [0.1, 0.15) is 53.2 Å². The molecule has 0 bridgehead atoms. The Kier molecular flexibility index (Phi) is 10.1. The maximum atomic E-state index is 13.4. The summed E-state index contributed by atoms with van der Waals surface area (Å²) < 4.78 is 11.5. The van der Waals surface area contributed by atoms with Gasteiger partial charge in [0, 0.05) is 44.1 Å². The van der Waals surface area contributed by atoms with E-state index < -0.39 is 11.7 Å². The first kappa shape index (κ1) is 29.2. The summed E-state index contributed by atoms with van der Waals surface area (Å²) in [5.41, 5.74) is 9.24. The highest BCUT2D eigenvalue weighted by molar-refractivity contribution is 6.32. The molecule has 2 aromatic carbocycles. The number of aryl methyl sites for hydroxylation is 1. The third kappa shape index (κ3) is 6.68. The number of aromatic nitrogens is 1. The fourth-order valence-electron chi connectivity index (χ4n) is 5.22. The lowest BCUT2D eigenvalue weighted by Crippen LogP contribution is -2.54. The minimum atomic E-state index is -1.42. The van der Waals surface area contributed by atoms with Gasteiger partial charge in [-0.05, 0) is 66.1 Å². The van der Waals surface area contributed by atoms with Crippen LogP contribution in [0.3, 0.4) is 0 Å². The van der Waals surface area contributed by atoms with Gasteiger partial charge in [-0.15, -0.1) is 0 Å². The number of amides is 1. The van der Waals surface area contributed by atoms with E-state index in [9.17, 15) is 9.90 Å². The molecule has 4 rings (SSSR count). The van der Waals surface area contributed by atoms with Crippen molar-refractivity contribution in [1.29, 1.82) is 0 Å². The fraction of sp³-hybridized carbons (Fsp3) is 0.419. The van der Waals surface area contributed by atoms with E-state index in [1.807, 2.05) is 30.3 Å². The van der Waals surface area contributed by atoms with Crippen LogP contribution in [0.4, 0.5) is 0 Å². The molecule has 1 fully saturated rings. The maximum absolute atomic E-state index is 13.4. The van der Waals surface area contributed by atoms with Gasteiger partial charge in [0.25, 0.3) is 5.91 Å². The Morgan fingerprint density at radius 1 is 1.21 bits per heavy atom. The van der Waals surface area contributed by atoms with E-state index in [1.54, 1.807) is 30.3 Å². The Labute approximate surface area is 235 Å². The molecule has 3 aromatic rings. The van der Waals surface area contributed by atoms with Gasteiger partial charge in [-0.3, -0.25) is 4.79 Å². The second kappa shape index (κ2) is 13.5. The molecule has 1 aliphatic rings. The molecule has 39 heavy (non-hydrogen) atoms. The maximum Gasteiger partial charge on any atom is 0.254 e. The molecule has 0 radical (unpaired) electrons. The molecular formula is C31H38ClN3O4. The molecule has 1 aromatic heterocycles. The van der Waals surface area contributed by atoms with Crippen molar-refractivity contribution < 1.29 is 19.4 Å². The average molecular weight is 552 g/mol. The molecule has 2 atom stereocenters. The summed E-state index contributed by atoms with van der Waals surface area (Å²) in [7, 11) is 1.67. The Balaban J connectivity index is 1.71. The number of carbonyl (C=O) groups excluding carboxylic acids is 1. The van der Waals surface area contributed by atoms with Crippen LogP contribution in [0.5, 0.6) is 0 Å². The van der Waals surface area contributed by atoms with Gasteiger partial charge in [0.2, 0.25) is 0 Å². The number of methoxy groups -OCH3 is 1. The Bertz CT molecular complexity index is 1250. The minimum absolute atomic E-state index is 0.0998. The van der Waals surface area contributed by atoms with Crippen molar-refractivity contribution in [3.05, 3.63) is 88.2 Å². The zero-order chi connectivity index (χ0) is 27.8. The van der Waals surface area contributed by atoms with Crippen LogP contribution >= 0.6 is 11.6 Å². The van der Waals surface area contributed by atoms with Crippen LogP contribution in [0.15, 0.2) is 60.8 Å².